The van der Waals surface area contributed by atoms with Crippen molar-refractivity contribution in [2.75, 3.05) is 6.54 Å². The Bertz CT molecular complexity index is 490. The summed E-state index contributed by atoms with van der Waals surface area (Å²) in [4.78, 5) is 15.5. The number of H-pyrrole nitrogens is 1. The van der Waals surface area contributed by atoms with Crippen LogP contribution in [0.5, 0.6) is 0 Å². The predicted molar refractivity (Wildman–Crippen MR) is 61.0 cm³/mol. The monoisotopic (exact) mass is 250 g/mol. The Balaban J connectivity index is 1.71. The first-order valence-corrected chi connectivity index (χ1v) is 5.48. The Morgan fingerprint density at radius 1 is 1.56 bits per heavy atom. The molecule has 18 heavy (non-hydrogen) atoms. The minimum atomic E-state index is -0.136. The average Bonchev–Trinajstić information content (AvgIpc) is 3.00. The lowest BCUT2D eigenvalue weighted by Gasteiger charge is -2.03. The van der Waals surface area contributed by atoms with Crippen molar-refractivity contribution in [2.24, 2.45) is 5.73 Å². The van der Waals surface area contributed by atoms with Crippen LogP contribution in [-0.4, -0.2) is 42.6 Å². The number of hydrogen-bond donors (Lipinski definition) is 3. The maximum absolute atomic E-state index is 11.6. The number of amides is 1. The summed E-state index contributed by atoms with van der Waals surface area (Å²) in [6.07, 6.45) is 3.69. The van der Waals surface area contributed by atoms with Crippen LogP contribution in [0.1, 0.15) is 11.5 Å². The van der Waals surface area contributed by atoms with E-state index in [2.05, 4.69) is 30.8 Å². The van der Waals surface area contributed by atoms with E-state index in [1.807, 2.05) is 0 Å². The minimum Gasteiger partial charge on any atom is -0.354 e. The van der Waals surface area contributed by atoms with Gasteiger partial charge in [0.25, 0.3) is 0 Å². The van der Waals surface area contributed by atoms with Crippen molar-refractivity contribution in [2.45, 2.75) is 19.5 Å². The van der Waals surface area contributed by atoms with E-state index in [1.165, 1.54) is 11.0 Å². The first-order chi connectivity index (χ1) is 8.78. The Labute approximate surface area is 103 Å². The number of aromatic nitrogens is 6. The van der Waals surface area contributed by atoms with Crippen LogP contribution in [0.3, 0.4) is 0 Å². The van der Waals surface area contributed by atoms with Gasteiger partial charge in [-0.2, -0.15) is 5.10 Å². The Morgan fingerprint density at radius 3 is 3.11 bits per heavy atom. The molecule has 96 valence electrons. The zero-order valence-electron chi connectivity index (χ0n) is 9.70. The van der Waals surface area contributed by atoms with Crippen LogP contribution >= 0.6 is 0 Å². The Morgan fingerprint density at radius 2 is 2.44 bits per heavy atom. The van der Waals surface area contributed by atoms with Crippen molar-refractivity contribution in [1.82, 2.24) is 35.5 Å². The van der Waals surface area contributed by atoms with E-state index in [0.29, 0.717) is 25.2 Å². The van der Waals surface area contributed by atoms with Crippen molar-refractivity contribution < 1.29 is 4.79 Å². The number of rotatable bonds is 6. The lowest BCUT2D eigenvalue weighted by Crippen LogP contribution is -2.29. The largest absolute Gasteiger partial charge is 0.354 e. The summed E-state index contributed by atoms with van der Waals surface area (Å²) in [7, 11) is 0. The maximum atomic E-state index is 11.6. The third-order valence-electron chi connectivity index (χ3n) is 2.25. The molecule has 0 spiro atoms. The average molecular weight is 250 g/mol. The second kappa shape index (κ2) is 5.87. The van der Waals surface area contributed by atoms with Gasteiger partial charge in [0.2, 0.25) is 5.91 Å². The minimum absolute atomic E-state index is 0.128. The fraction of sp³-hybridized carbons (Fsp3) is 0.444. The normalized spacial score (nSPS) is 10.5. The van der Waals surface area contributed by atoms with Gasteiger partial charge >= 0.3 is 0 Å². The van der Waals surface area contributed by atoms with Crippen LogP contribution in [-0.2, 0) is 24.3 Å². The third kappa shape index (κ3) is 3.35. The van der Waals surface area contributed by atoms with Gasteiger partial charge < -0.3 is 11.1 Å². The van der Waals surface area contributed by atoms with Gasteiger partial charge in [-0.05, 0) is 0 Å². The van der Waals surface area contributed by atoms with Crippen LogP contribution in [0.25, 0.3) is 0 Å². The predicted octanol–water partition coefficient (Wildman–Crippen LogP) is -1.79. The van der Waals surface area contributed by atoms with E-state index < -0.39 is 0 Å². The summed E-state index contributed by atoms with van der Waals surface area (Å²) in [6.45, 7) is 0.934. The molecular formula is C9H14N8O. The number of nitrogens with one attached hydrogen (secondary N) is 2. The van der Waals surface area contributed by atoms with Gasteiger partial charge in [0, 0.05) is 19.5 Å². The lowest BCUT2D eigenvalue weighted by atomic mass is 10.4. The zero-order valence-corrected chi connectivity index (χ0v) is 9.70. The molecule has 4 N–H and O–H groups in total. The first-order valence-electron chi connectivity index (χ1n) is 5.48. The smallest absolute Gasteiger partial charge is 0.241 e. The van der Waals surface area contributed by atoms with Crippen molar-refractivity contribution in [1.29, 1.82) is 0 Å². The van der Waals surface area contributed by atoms with Crippen LogP contribution in [0.15, 0.2) is 12.5 Å². The topological polar surface area (TPSA) is 127 Å². The molecule has 9 nitrogen and oxygen atoms in total. The summed E-state index contributed by atoms with van der Waals surface area (Å²) in [5, 5.41) is 16.8. The summed E-state index contributed by atoms with van der Waals surface area (Å²) in [6, 6.07) is 0. The summed E-state index contributed by atoms with van der Waals surface area (Å²) in [5.74, 6) is 0.601. The van der Waals surface area contributed by atoms with E-state index in [-0.39, 0.29) is 12.5 Å². The summed E-state index contributed by atoms with van der Waals surface area (Å²) >= 11 is 0. The Kier molecular flexibility index (Phi) is 3.97. The number of carbonyl (C=O) groups is 1. The molecule has 0 saturated heterocycles. The molecule has 0 aromatic carbocycles. The van der Waals surface area contributed by atoms with Gasteiger partial charge in [-0.3, -0.25) is 9.89 Å². The standard InChI is InChI=1S/C9H14N8O/c10-3-7-4-17(16-14-7)5-9(18)11-2-1-8-12-6-13-15-8/h4,6H,1-3,5,10H2,(H,11,18)(H,12,13,15). The molecule has 2 aromatic heterocycles. The molecule has 0 aliphatic rings. The van der Waals surface area contributed by atoms with E-state index in [4.69, 9.17) is 5.73 Å². The van der Waals surface area contributed by atoms with Crippen molar-refractivity contribution in [3.8, 4) is 0 Å². The molecule has 2 heterocycles. The quantitative estimate of drug-likeness (QED) is 0.555. The SMILES string of the molecule is NCc1cn(CC(=O)NCCc2ncn[nH]2)nn1. The molecule has 0 aliphatic carbocycles. The molecule has 2 rings (SSSR count). The van der Waals surface area contributed by atoms with Crippen LogP contribution in [0.2, 0.25) is 0 Å². The highest BCUT2D eigenvalue weighted by atomic mass is 16.2. The second-order valence-electron chi connectivity index (χ2n) is 3.64. The zero-order chi connectivity index (χ0) is 12.8. The number of nitrogens with zero attached hydrogens (tertiary/aromatic N) is 5. The third-order valence-corrected chi connectivity index (χ3v) is 2.25. The van der Waals surface area contributed by atoms with Crippen molar-refractivity contribution in [3.63, 3.8) is 0 Å². The van der Waals surface area contributed by atoms with Crippen molar-refractivity contribution in [3.05, 3.63) is 24.0 Å². The van der Waals surface area contributed by atoms with Gasteiger partial charge in [-0.25, -0.2) is 9.67 Å². The molecule has 0 atom stereocenters. The highest BCUT2D eigenvalue weighted by molar-refractivity contribution is 5.75. The highest BCUT2D eigenvalue weighted by Gasteiger charge is 2.05. The highest BCUT2D eigenvalue weighted by Crippen LogP contribution is 1.91. The van der Waals surface area contributed by atoms with Crippen LogP contribution < -0.4 is 11.1 Å². The molecule has 1 amide bonds. The fourth-order valence-electron chi connectivity index (χ4n) is 1.38. The molecule has 0 bridgehead atoms. The van der Waals surface area contributed by atoms with Crippen LogP contribution in [0, 0.1) is 0 Å². The second-order valence-corrected chi connectivity index (χ2v) is 3.64. The number of carbonyl (C=O) groups excluding carboxylic acids is 1. The van der Waals surface area contributed by atoms with Gasteiger partial charge in [0.1, 0.15) is 18.7 Å². The molecule has 0 unspecified atom stereocenters. The molecule has 0 radical (unpaired) electrons. The lowest BCUT2D eigenvalue weighted by molar-refractivity contribution is -0.121. The molecule has 9 heteroatoms. The number of hydrogen-bond acceptors (Lipinski definition) is 6. The van der Waals surface area contributed by atoms with E-state index in [9.17, 15) is 4.79 Å². The molecule has 2 aromatic rings. The summed E-state index contributed by atoms with van der Waals surface area (Å²) in [5.41, 5.74) is 6.05. The first kappa shape index (κ1) is 12.2. The molecule has 0 saturated carbocycles. The van der Waals surface area contributed by atoms with Gasteiger partial charge in [-0.15, -0.1) is 5.10 Å². The van der Waals surface area contributed by atoms with E-state index >= 15 is 0 Å². The fourth-order valence-corrected chi connectivity index (χ4v) is 1.38. The molecule has 0 aliphatic heterocycles. The number of aromatic amines is 1. The summed E-state index contributed by atoms with van der Waals surface area (Å²) < 4.78 is 1.45. The Hall–Kier alpha value is -2.29. The van der Waals surface area contributed by atoms with Gasteiger partial charge in [0.15, 0.2) is 0 Å². The number of nitrogens with two attached hydrogens (primary N) is 1. The van der Waals surface area contributed by atoms with Gasteiger partial charge in [-0.1, -0.05) is 5.21 Å². The molecule has 0 fully saturated rings. The van der Waals surface area contributed by atoms with Crippen LogP contribution in [0.4, 0.5) is 0 Å². The van der Waals surface area contributed by atoms with Crippen molar-refractivity contribution >= 4 is 5.91 Å². The van der Waals surface area contributed by atoms with E-state index in [1.54, 1.807) is 6.20 Å². The van der Waals surface area contributed by atoms with E-state index in [0.717, 1.165) is 5.82 Å². The molecular weight excluding hydrogens is 236 g/mol. The van der Waals surface area contributed by atoms with Gasteiger partial charge in [0.05, 0.1) is 11.9 Å². The maximum Gasteiger partial charge on any atom is 0.241 e.